The third kappa shape index (κ3) is 6.06. The topological polar surface area (TPSA) is 50.4 Å². The second-order valence-corrected chi connectivity index (χ2v) is 7.35. The highest BCUT2D eigenvalue weighted by Crippen LogP contribution is 2.45. The standard InChI is InChI=1S/C16H25N3S.HI/c1-13(2)19-15(17)18-12-16(10-6-7-11-16)20-14-8-4-3-5-9-14;/h3-5,8-9,13H,6-7,10-12H2,1-2H3,(H3,17,18,19);1H. The molecule has 0 atom stereocenters. The highest BCUT2D eigenvalue weighted by molar-refractivity contribution is 14.0. The summed E-state index contributed by atoms with van der Waals surface area (Å²) in [6.45, 7) is 4.96. The van der Waals surface area contributed by atoms with Gasteiger partial charge in [-0.05, 0) is 38.8 Å². The summed E-state index contributed by atoms with van der Waals surface area (Å²) in [5, 5.41) is 3.17. The Kier molecular flexibility index (Phi) is 7.87. The quantitative estimate of drug-likeness (QED) is 0.431. The van der Waals surface area contributed by atoms with E-state index < -0.39 is 0 Å². The van der Waals surface area contributed by atoms with E-state index in [-0.39, 0.29) is 28.7 Å². The molecule has 0 radical (unpaired) electrons. The molecule has 0 spiro atoms. The molecule has 3 nitrogen and oxygen atoms in total. The summed E-state index contributed by atoms with van der Waals surface area (Å²) in [7, 11) is 0. The van der Waals surface area contributed by atoms with E-state index in [4.69, 9.17) is 5.73 Å². The van der Waals surface area contributed by atoms with Gasteiger partial charge in [-0.25, -0.2) is 0 Å². The second-order valence-electron chi connectivity index (χ2n) is 5.81. The first-order valence-electron chi connectivity index (χ1n) is 7.40. The molecule has 1 aliphatic rings. The number of nitrogens with two attached hydrogens (primary N) is 1. The van der Waals surface area contributed by atoms with E-state index in [1.165, 1.54) is 30.6 Å². The summed E-state index contributed by atoms with van der Waals surface area (Å²) >= 11 is 1.97. The molecule has 21 heavy (non-hydrogen) atoms. The molecular formula is C16H26IN3S. The number of guanidine groups is 1. The van der Waals surface area contributed by atoms with Crippen molar-refractivity contribution < 1.29 is 0 Å². The minimum absolute atomic E-state index is 0. The van der Waals surface area contributed by atoms with Crippen molar-refractivity contribution in [3.05, 3.63) is 30.3 Å². The molecule has 5 heteroatoms. The Morgan fingerprint density at radius 1 is 1.29 bits per heavy atom. The van der Waals surface area contributed by atoms with Crippen LogP contribution in [-0.4, -0.2) is 23.3 Å². The van der Waals surface area contributed by atoms with Crippen LogP contribution in [0.1, 0.15) is 39.5 Å². The number of aliphatic imine (C=N–C) groups is 1. The summed E-state index contributed by atoms with van der Waals surface area (Å²) < 4.78 is 0.227. The predicted molar refractivity (Wildman–Crippen MR) is 104 cm³/mol. The van der Waals surface area contributed by atoms with Gasteiger partial charge in [0.25, 0.3) is 0 Å². The fourth-order valence-corrected chi connectivity index (χ4v) is 4.04. The van der Waals surface area contributed by atoms with E-state index in [1.54, 1.807) is 0 Å². The van der Waals surface area contributed by atoms with Crippen LogP contribution in [0.3, 0.4) is 0 Å². The van der Waals surface area contributed by atoms with Crippen molar-refractivity contribution in [2.75, 3.05) is 6.54 Å². The Labute approximate surface area is 149 Å². The Morgan fingerprint density at radius 2 is 1.90 bits per heavy atom. The van der Waals surface area contributed by atoms with Crippen molar-refractivity contribution in [1.29, 1.82) is 0 Å². The monoisotopic (exact) mass is 419 g/mol. The fraction of sp³-hybridized carbons (Fsp3) is 0.562. The molecule has 1 aliphatic carbocycles. The molecule has 0 bridgehead atoms. The van der Waals surface area contributed by atoms with Gasteiger partial charge in [-0.3, -0.25) is 4.99 Å². The molecule has 1 saturated carbocycles. The molecule has 0 saturated heterocycles. The highest BCUT2D eigenvalue weighted by Gasteiger charge is 2.34. The van der Waals surface area contributed by atoms with Crippen LogP contribution >= 0.6 is 35.7 Å². The van der Waals surface area contributed by atoms with Crippen molar-refractivity contribution in [2.45, 2.75) is 55.2 Å². The Hall–Kier alpha value is -0.430. The molecular weight excluding hydrogens is 393 g/mol. The molecule has 0 aromatic heterocycles. The summed E-state index contributed by atoms with van der Waals surface area (Å²) in [6.07, 6.45) is 5.05. The van der Waals surface area contributed by atoms with E-state index in [2.05, 4.69) is 54.5 Å². The van der Waals surface area contributed by atoms with Gasteiger partial charge < -0.3 is 11.1 Å². The van der Waals surface area contributed by atoms with Gasteiger partial charge >= 0.3 is 0 Å². The predicted octanol–water partition coefficient (Wildman–Crippen LogP) is 4.02. The van der Waals surface area contributed by atoms with Crippen molar-refractivity contribution in [3.63, 3.8) is 0 Å². The van der Waals surface area contributed by atoms with Crippen LogP contribution in [0.4, 0.5) is 0 Å². The zero-order valence-electron chi connectivity index (χ0n) is 12.8. The van der Waals surface area contributed by atoms with E-state index in [0.717, 1.165) is 6.54 Å². The SMILES string of the molecule is CC(C)NC(N)=NCC1(Sc2ccccc2)CCCC1.I. The van der Waals surface area contributed by atoms with E-state index in [0.29, 0.717) is 12.0 Å². The largest absolute Gasteiger partial charge is 0.370 e. The van der Waals surface area contributed by atoms with Crippen LogP contribution in [0, 0.1) is 0 Å². The maximum absolute atomic E-state index is 5.93. The van der Waals surface area contributed by atoms with Crippen molar-refractivity contribution in [2.24, 2.45) is 10.7 Å². The number of nitrogens with zero attached hydrogens (tertiary/aromatic N) is 1. The van der Waals surface area contributed by atoms with Crippen molar-refractivity contribution >= 4 is 41.7 Å². The minimum Gasteiger partial charge on any atom is -0.370 e. The van der Waals surface area contributed by atoms with Gasteiger partial charge in [-0.2, -0.15) is 0 Å². The van der Waals surface area contributed by atoms with Gasteiger partial charge in [0, 0.05) is 15.7 Å². The summed E-state index contributed by atoms with van der Waals surface area (Å²) in [4.78, 5) is 5.91. The van der Waals surface area contributed by atoms with Gasteiger partial charge in [0.1, 0.15) is 0 Å². The molecule has 0 amide bonds. The van der Waals surface area contributed by atoms with Crippen LogP contribution in [0.5, 0.6) is 0 Å². The number of nitrogens with one attached hydrogen (secondary N) is 1. The number of thioether (sulfide) groups is 1. The first-order valence-corrected chi connectivity index (χ1v) is 8.22. The minimum atomic E-state index is 0. The van der Waals surface area contributed by atoms with E-state index in [1.807, 2.05) is 11.8 Å². The normalized spacial score (nSPS) is 17.6. The molecule has 0 heterocycles. The van der Waals surface area contributed by atoms with Gasteiger partial charge in [-0.15, -0.1) is 35.7 Å². The van der Waals surface area contributed by atoms with Gasteiger partial charge in [0.05, 0.1) is 6.54 Å². The maximum Gasteiger partial charge on any atom is 0.188 e. The Morgan fingerprint density at radius 3 is 2.48 bits per heavy atom. The van der Waals surface area contributed by atoms with Gasteiger partial charge in [-0.1, -0.05) is 31.0 Å². The van der Waals surface area contributed by atoms with Crippen LogP contribution in [0.25, 0.3) is 0 Å². The average Bonchev–Trinajstić information content (AvgIpc) is 2.86. The smallest absolute Gasteiger partial charge is 0.188 e. The summed E-state index contributed by atoms with van der Waals surface area (Å²) in [5.41, 5.74) is 5.93. The molecule has 0 unspecified atom stereocenters. The lowest BCUT2D eigenvalue weighted by atomic mass is 10.1. The molecule has 1 fully saturated rings. The van der Waals surface area contributed by atoms with Gasteiger partial charge in [0.2, 0.25) is 0 Å². The van der Waals surface area contributed by atoms with Crippen LogP contribution in [0.2, 0.25) is 0 Å². The lowest BCUT2D eigenvalue weighted by Gasteiger charge is -2.26. The zero-order chi connectivity index (χ0) is 14.4. The molecule has 1 aromatic rings. The number of hydrogen-bond acceptors (Lipinski definition) is 2. The number of benzene rings is 1. The van der Waals surface area contributed by atoms with Crippen molar-refractivity contribution in [3.8, 4) is 0 Å². The number of rotatable bonds is 5. The van der Waals surface area contributed by atoms with E-state index >= 15 is 0 Å². The van der Waals surface area contributed by atoms with Gasteiger partial charge in [0.15, 0.2) is 5.96 Å². The summed E-state index contributed by atoms with van der Waals surface area (Å²) in [6, 6.07) is 11.0. The molecule has 0 aliphatic heterocycles. The van der Waals surface area contributed by atoms with Crippen LogP contribution < -0.4 is 11.1 Å². The maximum atomic E-state index is 5.93. The fourth-order valence-electron chi connectivity index (χ4n) is 2.62. The first-order chi connectivity index (χ1) is 9.60. The Balaban J connectivity index is 0.00000220. The Bertz CT molecular complexity index is 442. The number of hydrogen-bond donors (Lipinski definition) is 2. The average molecular weight is 419 g/mol. The second kappa shape index (κ2) is 8.88. The molecule has 1 aromatic carbocycles. The zero-order valence-corrected chi connectivity index (χ0v) is 16.0. The lowest BCUT2D eigenvalue weighted by Crippen LogP contribution is -2.38. The summed E-state index contributed by atoms with van der Waals surface area (Å²) in [5.74, 6) is 0.569. The van der Waals surface area contributed by atoms with Crippen molar-refractivity contribution in [1.82, 2.24) is 5.32 Å². The third-order valence-corrected chi connectivity index (χ3v) is 5.04. The molecule has 118 valence electrons. The lowest BCUT2D eigenvalue weighted by molar-refractivity contribution is 0.615. The highest BCUT2D eigenvalue weighted by atomic mass is 127. The molecule has 2 rings (SSSR count). The number of halogens is 1. The van der Waals surface area contributed by atoms with Crippen LogP contribution in [-0.2, 0) is 0 Å². The molecule has 3 N–H and O–H groups in total. The van der Waals surface area contributed by atoms with Crippen LogP contribution in [0.15, 0.2) is 40.2 Å². The first kappa shape index (κ1) is 18.6. The van der Waals surface area contributed by atoms with E-state index in [9.17, 15) is 0 Å². The third-order valence-electron chi connectivity index (χ3n) is 3.57.